The van der Waals surface area contributed by atoms with Crippen molar-refractivity contribution in [1.29, 1.82) is 0 Å². The van der Waals surface area contributed by atoms with Gasteiger partial charge in [-0.15, -0.1) is 0 Å². The van der Waals surface area contributed by atoms with Crippen LogP contribution in [0.4, 0.5) is 0 Å². The van der Waals surface area contributed by atoms with E-state index in [-0.39, 0.29) is 7.43 Å². The van der Waals surface area contributed by atoms with Gasteiger partial charge in [0.05, 0.1) is 33.3 Å². The first kappa shape index (κ1) is 87.6. The lowest BCUT2D eigenvalue weighted by Crippen LogP contribution is -2.28. The van der Waals surface area contributed by atoms with Crippen LogP contribution in [0, 0.1) is 0 Å². The van der Waals surface area contributed by atoms with E-state index in [1.54, 1.807) is 0 Å². The molecule has 3 heterocycles. The zero-order valence-electron chi connectivity index (χ0n) is 79.5. The Kier molecular flexibility index (Phi) is 21.9. The SMILES string of the molecule is C.c1ccc(-c2c3ccccc3c(-c3cccc4c3-c3ncccc3C4(c3ccccc3)c3ccccc3)c3ccccc23)cc1.c1ccc(-c2ccc(-c3c4ccccc4c(-c4cccc5c4-c4ncccc4C5(c4ccccc4)c4ccccc4)c4ccccc34)cc2)cc1.c1ccc(C2(c3ccccc3)c3cccnc3-c3c(-c4c5ccccc5c(-c5cccc6ccccc56)c5ccccc45)cccc32)cc1. The average Bonchev–Trinajstić information content (AvgIpc) is 1.56. The Hall–Kier alpha value is -18.7. The summed E-state index contributed by atoms with van der Waals surface area (Å²) in [7, 11) is 0. The fraction of sp³-hybridized carbons (Fsp3) is 0.0280. The zero-order valence-corrected chi connectivity index (χ0v) is 79.5. The van der Waals surface area contributed by atoms with Gasteiger partial charge in [-0.2, -0.15) is 0 Å². The smallest absolute Gasteiger partial charge is 0.0759 e. The number of pyridine rings is 3. The normalized spacial score (nSPS) is 12.9. The minimum absolute atomic E-state index is 0. The number of hydrogen-bond donors (Lipinski definition) is 0. The summed E-state index contributed by atoms with van der Waals surface area (Å²) in [5.41, 5.74) is 37.5. The second-order valence-electron chi connectivity index (χ2n) is 38.2. The molecule has 0 saturated carbocycles. The Labute approximate surface area is 850 Å². The summed E-state index contributed by atoms with van der Waals surface area (Å²) in [5.74, 6) is 0. The van der Waals surface area contributed by atoms with E-state index < -0.39 is 16.2 Å². The molecule has 0 spiro atoms. The maximum absolute atomic E-state index is 5.19. The quantitative estimate of drug-likeness (QED) is 0.108. The monoisotopic (exact) mass is 1860 g/mol. The predicted octanol–water partition coefficient (Wildman–Crippen LogP) is 36.7. The zero-order chi connectivity index (χ0) is 95.9. The second-order valence-corrected chi connectivity index (χ2v) is 38.2. The van der Waals surface area contributed by atoms with E-state index in [1.807, 2.05) is 18.6 Å². The molecule has 3 aromatic heterocycles. The summed E-state index contributed by atoms with van der Waals surface area (Å²) in [4.78, 5) is 15.5. The van der Waals surface area contributed by atoms with Crippen molar-refractivity contribution in [2.75, 3.05) is 0 Å². The van der Waals surface area contributed by atoms with Crippen molar-refractivity contribution in [3.63, 3.8) is 0 Å². The Morgan fingerprint density at radius 2 is 0.315 bits per heavy atom. The number of nitrogens with zero attached hydrogens (tertiary/aromatic N) is 3. The van der Waals surface area contributed by atoms with E-state index in [2.05, 4.69) is 546 Å². The van der Waals surface area contributed by atoms with Gasteiger partial charge in [0.2, 0.25) is 0 Å². The molecule has 0 unspecified atom stereocenters. The topological polar surface area (TPSA) is 38.7 Å². The summed E-state index contributed by atoms with van der Waals surface area (Å²) < 4.78 is 0. The molecule has 26 aromatic rings. The fourth-order valence-corrected chi connectivity index (χ4v) is 25.3. The van der Waals surface area contributed by atoms with Crippen LogP contribution in [0.2, 0.25) is 0 Å². The first-order valence-corrected chi connectivity index (χ1v) is 50.2. The van der Waals surface area contributed by atoms with E-state index in [1.165, 1.54) is 237 Å². The van der Waals surface area contributed by atoms with Crippen molar-refractivity contribution < 1.29 is 0 Å². The maximum atomic E-state index is 5.19. The van der Waals surface area contributed by atoms with Gasteiger partial charge in [0.1, 0.15) is 0 Å². The Balaban J connectivity index is 0.000000111. The fourth-order valence-electron chi connectivity index (χ4n) is 25.3. The van der Waals surface area contributed by atoms with E-state index >= 15 is 0 Å². The minimum atomic E-state index is -0.510. The van der Waals surface area contributed by atoms with Crippen LogP contribution in [0.15, 0.2) is 565 Å². The average molecular weight is 1860 g/mol. The summed E-state index contributed by atoms with van der Waals surface area (Å²) in [6.45, 7) is 0. The van der Waals surface area contributed by atoms with Crippen LogP contribution < -0.4 is 0 Å². The third kappa shape index (κ3) is 13.6. The summed E-state index contributed by atoms with van der Waals surface area (Å²) in [5, 5.41) is 17.5. The van der Waals surface area contributed by atoms with Crippen LogP contribution in [-0.2, 0) is 16.2 Å². The highest BCUT2D eigenvalue weighted by molar-refractivity contribution is 6.27. The molecule has 3 nitrogen and oxygen atoms in total. The Morgan fingerprint density at radius 1 is 0.123 bits per heavy atom. The van der Waals surface area contributed by atoms with Gasteiger partial charge in [-0.1, -0.05) is 535 Å². The van der Waals surface area contributed by atoms with E-state index in [4.69, 9.17) is 15.0 Å². The third-order valence-electron chi connectivity index (χ3n) is 31.0. The molecule has 684 valence electrons. The molecule has 29 rings (SSSR count). The molecule has 146 heavy (non-hydrogen) atoms. The molecule has 0 N–H and O–H groups in total. The molecule has 0 saturated heterocycles. The van der Waals surface area contributed by atoms with Crippen molar-refractivity contribution in [3.8, 4) is 112 Å². The molecule has 0 atom stereocenters. The first-order valence-electron chi connectivity index (χ1n) is 50.2. The molecule has 23 aromatic carbocycles. The second kappa shape index (κ2) is 36.4. The number of hydrogen-bond acceptors (Lipinski definition) is 3. The van der Waals surface area contributed by atoms with Gasteiger partial charge in [0.25, 0.3) is 0 Å². The standard InChI is InChI=1S/C50H33N.C48H31N.C44H29N.CH4/c1-4-16-34(17-5-1)35-29-31-36(32-30-35)46-39-22-10-12-24-41(39)47(42-25-13-11-23-40(42)46)43-26-14-27-44-48(43)49-45(28-15-33-51-49)50(44,37-18-6-2-7-19-37)38-20-8-3-9-21-38;1-3-18-33(19-4-1)48(34-20-5-2-6-21-34)42-29-14-28-41(46(42)47-43(48)30-15-31-49-47)45-39-25-11-9-23-37(39)44(38-24-10-12-26-40(38)45)36-27-13-17-32-16-7-8-22-35(32)36;1-4-16-30(17-5-1)40-33-22-10-12-24-35(33)41(36-25-13-11-23-34(36)40)37-26-14-27-38-42(37)43-39(28-15-29-45-43)44(38,31-18-6-2-7-19-31)32-20-8-3-9-21-32;/h1-33H;1-31H;1-29H;1H4. The van der Waals surface area contributed by atoms with Crippen LogP contribution in [0.5, 0.6) is 0 Å². The summed E-state index contributed by atoms with van der Waals surface area (Å²) >= 11 is 0. The first-order chi connectivity index (χ1) is 72.1. The molecule has 0 aliphatic heterocycles. The van der Waals surface area contributed by atoms with Crippen molar-refractivity contribution in [1.82, 2.24) is 15.0 Å². The number of benzene rings is 23. The van der Waals surface area contributed by atoms with Crippen LogP contribution in [0.3, 0.4) is 0 Å². The van der Waals surface area contributed by atoms with E-state index in [0.717, 1.165) is 17.1 Å². The summed E-state index contributed by atoms with van der Waals surface area (Å²) in [6, 6.07) is 199. The molecule has 0 amide bonds. The van der Waals surface area contributed by atoms with Gasteiger partial charge in [0, 0.05) is 35.3 Å². The third-order valence-corrected chi connectivity index (χ3v) is 31.0. The largest absolute Gasteiger partial charge is 0.256 e. The lowest BCUT2D eigenvalue weighted by Gasteiger charge is -2.33. The van der Waals surface area contributed by atoms with Crippen LogP contribution in [0.1, 0.15) is 74.2 Å². The van der Waals surface area contributed by atoms with Gasteiger partial charge in [-0.05, 0) is 238 Å². The van der Waals surface area contributed by atoms with Gasteiger partial charge in [-0.3, -0.25) is 15.0 Å². The van der Waals surface area contributed by atoms with Crippen molar-refractivity contribution in [2.24, 2.45) is 0 Å². The van der Waals surface area contributed by atoms with Gasteiger partial charge < -0.3 is 0 Å². The lowest BCUT2D eigenvalue weighted by atomic mass is 9.67. The number of fused-ring (bicyclic) bond motifs is 16. The molecular formula is C143H97N3. The van der Waals surface area contributed by atoms with Gasteiger partial charge >= 0.3 is 0 Å². The van der Waals surface area contributed by atoms with Crippen molar-refractivity contribution >= 4 is 75.4 Å². The Morgan fingerprint density at radius 3 is 0.603 bits per heavy atom. The van der Waals surface area contributed by atoms with Crippen LogP contribution >= 0.6 is 0 Å². The number of rotatable bonds is 13. The van der Waals surface area contributed by atoms with E-state index in [0.29, 0.717) is 0 Å². The highest BCUT2D eigenvalue weighted by Gasteiger charge is 2.52. The van der Waals surface area contributed by atoms with E-state index in [9.17, 15) is 0 Å². The predicted molar refractivity (Wildman–Crippen MR) is 612 cm³/mol. The highest BCUT2D eigenvalue weighted by Crippen LogP contribution is 2.64. The van der Waals surface area contributed by atoms with Gasteiger partial charge in [-0.25, -0.2) is 0 Å². The van der Waals surface area contributed by atoms with Crippen molar-refractivity contribution in [2.45, 2.75) is 23.7 Å². The summed E-state index contributed by atoms with van der Waals surface area (Å²) in [6.07, 6.45) is 5.84. The molecule has 3 heteroatoms. The van der Waals surface area contributed by atoms with Crippen molar-refractivity contribution in [3.05, 3.63) is 631 Å². The molecular weight excluding hydrogens is 1760 g/mol. The molecule has 3 aliphatic rings. The van der Waals surface area contributed by atoms with Gasteiger partial charge in [0.15, 0.2) is 0 Å². The molecule has 0 bridgehead atoms. The molecule has 3 aliphatic carbocycles. The molecule has 0 radical (unpaired) electrons. The molecule has 0 fully saturated rings. The lowest BCUT2D eigenvalue weighted by molar-refractivity contribution is 0.766. The Bertz CT molecular complexity index is 9230. The van der Waals surface area contributed by atoms with Crippen LogP contribution in [-0.4, -0.2) is 15.0 Å². The van der Waals surface area contributed by atoms with Crippen LogP contribution in [0.25, 0.3) is 187 Å². The highest BCUT2D eigenvalue weighted by atomic mass is 14.7. The minimum Gasteiger partial charge on any atom is -0.256 e. The maximum Gasteiger partial charge on any atom is 0.0759 e. The number of aromatic nitrogens is 3.